The van der Waals surface area contributed by atoms with E-state index in [-0.39, 0.29) is 11.3 Å². The van der Waals surface area contributed by atoms with E-state index in [9.17, 15) is 4.79 Å². The number of terminal acetylenes is 1. The smallest absolute Gasteiger partial charge is 0.259 e. The number of hydrogen-bond acceptors (Lipinski definition) is 3. The Morgan fingerprint density at radius 1 is 1.39 bits per heavy atom. The van der Waals surface area contributed by atoms with Crippen molar-refractivity contribution in [3.05, 3.63) is 39.8 Å². The summed E-state index contributed by atoms with van der Waals surface area (Å²) < 4.78 is 6.37. The molecule has 0 radical (unpaired) electrons. The highest BCUT2D eigenvalue weighted by Crippen LogP contribution is 2.23. The number of fused-ring (bicyclic) bond motifs is 1. The second kappa shape index (κ2) is 4.27. The van der Waals surface area contributed by atoms with E-state index in [0.29, 0.717) is 22.1 Å². The van der Waals surface area contributed by atoms with Crippen LogP contribution in [0.25, 0.3) is 10.8 Å². The number of nitriles is 1. The van der Waals surface area contributed by atoms with Crippen molar-refractivity contribution in [2.75, 3.05) is 7.11 Å². The molecule has 2 rings (SSSR count). The molecule has 0 aliphatic rings. The molecule has 0 saturated heterocycles. The van der Waals surface area contributed by atoms with Gasteiger partial charge in [0.15, 0.2) is 0 Å². The van der Waals surface area contributed by atoms with Crippen LogP contribution in [0.2, 0.25) is 0 Å². The van der Waals surface area contributed by atoms with Crippen LogP contribution >= 0.6 is 0 Å². The van der Waals surface area contributed by atoms with E-state index < -0.39 is 0 Å². The van der Waals surface area contributed by atoms with Crippen molar-refractivity contribution >= 4 is 10.8 Å². The summed E-state index contributed by atoms with van der Waals surface area (Å²) >= 11 is 0. The minimum atomic E-state index is -0.247. The summed E-state index contributed by atoms with van der Waals surface area (Å²) in [6.07, 6.45) is 5.45. The molecule has 1 aromatic carbocycles. The molecular formula is C14H10N2O2. The predicted molar refractivity (Wildman–Crippen MR) is 68.4 cm³/mol. The molecule has 0 amide bonds. The molecule has 1 aromatic heterocycles. The topological polar surface area (TPSA) is 55.0 Å². The molecule has 2 aromatic rings. The molecule has 18 heavy (non-hydrogen) atoms. The molecule has 88 valence electrons. The first-order valence-electron chi connectivity index (χ1n) is 5.21. The Bertz CT molecular complexity index is 773. The maximum absolute atomic E-state index is 12.1. The Morgan fingerprint density at radius 3 is 2.67 bits per heavy atom. The molecule has 0 spiro atoms. The maximum Gasteiger partial charge on any atom is 0.259 e. The highest BCUT2D eigenvalue weighted by Gasteiger charge is 2.13. The van der Waals surface area contributed by atoms with Crippen LogP contribution in [-0.4, -0.2) is 11.7 Å². The molecule has 0 N–H and O–H groups in total. The molecule has 4 heteroatoms. The fourth-order valence-electron chi connectivity index (χ4n) is 1.90. The van der Waals surface area contributed by atoms with Crippen LogP contribution < -0.4 is 10.3 Å². The van der Waals surface area contributed by atoms with Gasteiger partial charge in [0.1, 0.15) is 17.5 Å². The van der Waals surface area contributed by atoms with Crippen LogP contribution in [0, 0.1) is 23.7 Å². The average Bonchev–Trinajstić information content (AvgIpc) is 2.41. The number of nitrogens with zero attached hydrogens (tertiary/aromatic N) is 2. The van der Waals surface area contributed by atoms with Crippen LogP contribution in [0.4, 0.5) is 0 Å². The van der Waals surface area contributed by atoms with Gasteiger partial charge >= 0.3 is 0 Å². The fourth-order valence-corrected chi connectivity index (χ4v) is 1.90. The van der Waals surface area contributed by atoms with Crippen molar-refractivity contribution in [1.82, 2.24) is 4.57 Å². The van der Waals surface area contributed by atoms with Crippen LogP contribution in [-0.2, 0) is 7.05 Å². The minimum Gasteiger partial charge on any atom is -0.497 e. The second-order valence-corrected chi connectivity index (χ2v) is 3.76. The van der Waals surface area contributed by atoms with Crippen molar-refractivity contribution in [2.24, 2.45) is 7.05 Å². The Labute approximate surface area is 104 Å². The summed E-state index contributed by atoms with van der Waals surface area (Å²) in [4.78, 5) is 12.1. The van der Waals surface area contributed by atoms with Crippen LogP contribution in [0.1, 0.15) is 11.3 Å². The number of rotatable bonds is 1. The first-order valence-corrected chi connectivity index (χ1v) is 5.21. The molecule has 4 nitrogen and oxygen atoms in total. The Kier molecular flexibility index (Phi) is 2.79. The summed E-state index contributed by atoms with van der Waals surface area (Å²) in [6.45, 7) is 0. The van der Waals surface area contributed by atoms with Gasteiger partial charge < -0.3 is 9.30 Å². The SMILES string of the molecule is C#Cc1c(C#N)n(C)c(=O)c2ccc(OC)cc12. The van der Waals surface area contributed by atoms with Crippen molar-refractivity contribution in [3.8, 4) is 24.2 Å². The average molecular weight is 238 g/mol. The Morgan fingerprint density at radius 2 is 2.11 bits per heavy atom. The van der Waals surface area contributed by atoms with E-state index in [0.717, 1.165) is 0 Å². The van der Waals surface area contributed by atoms with Crippen molar-refractivity contribution in [1.29, 1.82) is 5.26 Å². The van der Waals surface area contributed by atoms with E-state index >= 15 is 0 Å². The van der Waals surface area contributed by atoms with Gasteiger partial charge in [-0.25, -0.2) is 0 Å². The number of pyridine rings is 1. The zero-order valence-corrected chi connectivity index (χ0v) is 10.0. The lowest BCUT2D eigenvalue weighted by Crippen LogP contribution is -2.21. The molecule has 0 aliphatic heterocycles. The van der Waals surface area contributed by atoms with Gasteiger partial charge in [0.2, 0.25) is 0 Å². The number of hydrogen-bond donors (Lipinski definition) is 0. The molecule has 0 saturated carbocycles. The zero-order valence-electron chi connectivity index (χ0n) is 10.0. The molecular weight excluding hydrogens is 228 g/mol. The summed E-state index contributed by atoms with van der Waals surface area (Å²) in [7, 11) is 3.06. The molecule has 0 bridgehead atoms. The van der Waals surface area contributed by atoms with Crippen molar-refractivity contribution in [3.63, 3.8) is 0 Å². The standard InChI is InChI=1S/C14H10N2O2/c1-4-10-12-7-9(18-3)5-6-11(12)14(17)16(2)13(10)8-15/h1,5-7H,2-3H3. The van der Waals surface area contributed by atoms with Gasteiger partial charge in [0.25, 0.3) is 5.56 Å². The van der Waals surface area contributed by atoms with E-state index in [1.807, 2.05) is 6.07 Å². The number of aromatic nitrogens is 1. The summed E-state index contributed by atoms with van der Waals surface area (Å²) in [6, 6.07) is 6.98. The van der Waals surface area contributed by atoms with Gasteiger partial charge in [-0.1, -0.05) is 5.92 Å². The third-order valence-electron chi connectivity index (χ3n) is 2.85. The van der Waals surface area contributed by atoms with E-state index in [4.69, 9.17) is 16.4 Å². The van der Waals surface area contributed by atoms with Gasteiger partial charge in [-0.3, -0.25) is 4.79 Å². The second-order valence-electron chi connectivity index (χ2n) is 3.76. The molecule has 0 atom stereocenters. The Hall–Kier alpha value is -2.72. The quantitative estimate of drug-likeness (QED) is 0.706. The lowest BCUT2D eigenvalue weighted by atomic mass is 10.0. The molecule has 0 aliphatic carbocycles. The highest BCUT2D eigenvalue weighted by molar-refractivity contribution is 5.90. The summed E-state index contributed by atoms with van der Waals surface area (Å²) in [5, 5.41) is 10.1. The van der Waals surface area contributed by atoms with E-state index in [2.05, 4.69) is 5.92 Å². The molecule has 0 unspecified atom stereocenters. The minimum absolute atomic E-state index is 0.184. The fraction of sp³-hybridized carbons (Fsp3) is 0.143. The largest absolute Gasteiger partial charge is 0.497 e. The maximum atomic E-state index is 12.1. The summed E-state index contributed by atoms with van der Waals surface area (Å²) in [5.41, 5.74) is 0.347. The summed E-state index contributed by atoms with van der Waals surface area (Å²) in [5.74, 6) is 3.06. The normalized spacial score (nSPS) is 9.78. The van der Waals surface area contributed by atoms with E-state index in [1.54, 1.807) is 18.2 Å². The van der Waals surface area contributed by atoms with Gasteiger partial charge in [-0.05, 0) is 18.2 Å². The predicted octanol–water partition coefficient (Wildman–Crippen LogP) is 1.40. The van der Waals surface area contributed by atoms with Gasteiger partial charge in [-0.2, -0.15) is 5.26 Å². The number of benzene rings is 1. The third-order valence-corrected chi connectivity index (χ3v) is 2.85. The van der Waals surface area contributed by atoms with E-state index in [1.165, 1.54) is 18.7 Å². The monoisotopic (exact) mass is 238 g/mol. The van der Waals surface area contributed by atoms with Gasteiger partial charge in [0.05, 0.1) is 12.7 Å². The van der Waals surface area contributed by atoms with Crippen LogP contribution in [0.3, 0.4) is 0 Å². The van der Waals surface area contributed by atoms with Crippen LogP contribution in [0.5, 0.6) is 5.75 Å². The lowest BCUT2D eigenvalue weighted by Gasteiger charge is -2.09. The van der Waals surface area contributed by atoms with Gasteiger partial charge in [0, 0.05) is 17.8 Å². The third kappa shape index (κ3) is 1.52. The highest BCUT2D eigenvalue weighted by atomic mass is 16.5. The van der Waals surface area contributed by atoms with Crippen LogP contribution in [0.15, 0.2) is 23.0 Å². The molecule has 1 heterocycles. The molecule has 0 fully saturated rings. The Balaban J connectivity index is 3.08. The number of ether oxygens (including phenoxy) is 1. The number of methoxy groups -OCH3 is 1. The van der Waals surface area contributed by atoms with Crippen molar-refractivity contribution in [2.45, 2.75) is 0 Å². The zero-order chi connectivity index (χ0) is 13.3. The first-order chi connectivity index (χ1) is 8.63. The lowest BCUT2D eigenvalue weighted by molar-refractivity contribution is 0.415. The van der Waals surface area contributed by atoms with Crippen molar-refractivity contribution < 1.29 is 4.74 Å². The first kappa shape index (κ1) is 11.8. The van der Waals surface area contributed by atoms with Gasteiger partial charge in [-0.15, -0.1) is 6.42 Å².